The second kappa shape index (κ2) is 17.4. The van der Waals surface area contributed by atoms with Crippen molar-refractivity contribution in [2.45, 2.75) is 115 Å². The Morgan fingerprint density at radius 2 is 1.50 bits per heavy atom. The third-order valence-electron chi connectivity index (χ3n) is 5.49. The molecule has 1 heterocycles. The van der Waals surface area contributed by atoms with Gasteiger partial charge in [-0.2, -0.15) is 0 Å². The highest BCUT2D eigenvalue weighted by Crippen LogP contribution is 2.20. The average Bonchev–Trinajstić information content (AvgIpc) is 3.07. The molecule has 0 spiro atoms. The highest BCUT2D eigenvalue weighted by Gasteiger charge is 2.40. The quantitative estimate of drug-likeness (QED) is 0.238. The Kier molecular flexibility index (Phi) is 15.9. The molecule has 1 aliphatic rings. The molecule has 0 saturated carbocycles. The number of rotatable bonds is 18. The number of aliphatic hydroxyl groups is 3. The van der Waals surface area contributed by atoms with E-state index in [0.29, 0.717) is 6.61 Å². The van der Waals surface area contributed by atoms with Crippen LogP contribution in [-0.4, -0.2) is 59.6 Å². The number of unbranched alkanes of at least 4 members (excludes halogenated alkanes) is 11. The Morgan fingerprint density at radius 3 is 2.07 bits per heavy atom. The van der Waals surface area contributed by atoms with Crippen LogP contribution in [0.5, 0.6) is 0 Å². The summed E-state index contributed by atoms with van der Waals surface area (Å²) < 4.78 is 11.0. The summed E-state index contributed by atoms with van der Waals surface area (Å²) in [5.41, 5.74) is 0. The minimum absolute atomic E-state index is 0.276. The van der Waals surface area contributed by atoms with Crippen LogP contribution in [0.2, 0.25) is 0 Å². The van der Waals surface area contributed by atoms with E-state index in [1.54, 1.807) is 0 Å². The lowest BCUT2D eigenvalue weighted by atomic mass is 10.0. The molecule has 0 aliphatic carbocycles. The van der Waals surface area contributed by atoms with Crippen molar-refractivity contribution in [3.05, 3.63) is 12.2 Å². The first kappa shape index (κ1) is 25.6. The first-order valence-electron chi connectivity index (χ1n) is 11.6. The summed E-state index contributed by atoms with van der Waals surface area (Å²) in [6.45, 7) is 2.66. The van der Waals surface area contributed by atoms with Crippen LogP contribution in [0.4, 0.5) is 0 Å². The van der Waals surface area contributed by atoms with E-state index in [-0.39, 0.29) is 6.61 Å². The zero-order valence-electron chi connectivity index (χ0n) is 17.9. The normalized spacial score (nSPS) is 23.6. The summed E-state index contributed by atoms with van der Waals surface area (Å²) in [6, 6.07) is 0. The molecule has 1 rings (SSSR count). The molecule has 0 radical (unpaired) electrons. The van der Waals surface area contributed by atoms with Gasteiger partial charge in [-0.1, -0.05) is 76.9 Å². The second-order valence-electron chi connectivity index (χ2n) is 8.01. The van der Waals surface area contributed by atoms with Gasteiger partial charge < -0.3 is 24.8 Å². The lowest BCUT2D eigenvalue weighted by Gasteiger charge is -2.20. The maximum absolute atomic E-state index is 10.1. The van der Waals surface area contributed by atoms with Crippen LogP contribution in [0, 0.1) is 0 Å². The molecule has 0 aromatic carbocycles. The molecule has 0 aromatic heterocycles. The molecular formula is C23H44O5. The van der Waals surface area contributed by atoms with Crippen molar-refractivity contribution in [1.82, 2.24) is 0 Å². The summed E-state index contributed by atoms with van der Waals surface area (Å²) in [6.07, 6.45) is 18.1. The number of hydrogen-bond donors (Lipinski definition) is 3. The number of aliphatic hydroxyl groups excluding tert-OH is 3. The predicted molar refractivity (Wildman–Crippen MR) is 113 cm³/mol. The third kappa shape index (κ3) is 11.5. The Labute approximate surface area is 172 Å². The lowest BCUT2D eigenvalue weighted by molar-refractivity contribution is -0.0730. The standard InChI is InChI=1S/C23H44O5/c1-2-3-4-5-6-7-8-9-10-11-12-13-14-15-16-17-27-21-19-28-23(22(21)26)20(25)18-24/h3-4,20-26H,2,5-19H2,1H3/b4-3+/t20-,21+,22-,23-/m0/s1. The average molecular weight is 401 g/mol. The van der Waals surface area contributed by atoms with Gasteiger partial charge in [0.05, 0.1) is 13.2 Å². The zero-order valence-corrected chi connectivity index (χ0v) is 17.9. The summed E-state index contributed by atoms with van der Waals surface area (Å²) in [5, 5.41) is 28.6. The van der Waals surface area contributed by atoms with Crippen molar-refractivity contribution < 1.29 is 24.8 Å². The molecule has 4 atom stereocenters. The van der Waals surface area contributed by atoms with Crippen molar-refractivity contribution in [3.8, 4) is 0 Å². The van der Waals surface area contributed by atoms with E-state index >= 15 is 0 Å². The highest BCUT2D eigenvalue weighted by molar-refractivity contribution is 4.88. The fourth-order valence-electron chi connectivity index (χ4n) is 3.68. The molecule has 0 bridgehead atoms. The second-order valence-corrected chi connectivity index (χ2v) is 8.01. The minimum Gasteiger partial charge on any atom is -0.394 e. The van der Waals surface area contributed by atoms with Crippen LogP contribution in [-0.2, 0) is 9.47 Å². The largest absolute Gasteiger partial charge is 0.394 e. The van der Waals surface area contributed by atoms with Gasteiger partial charge in [-0.05, 0) is 25.7 Å². The van der Waals surface area contributed by atoms with E-state index in [0.717, 1.165) is 19.3 Å². The molecule has 0 amide bonds. The smallest absolute Gasteiger partial charge is 0.114 e. The highest BCUT2D eigenvalue weighted by atomic mass is 16.6. The molecule has 28 heavy (non-hydrogen) atoms. The van der Waals surface area contributed by atoms with Gasteiger partial charge in [-0.3, -0.25) is 0 Å². The van der Waals surface area contributed by atoms with Gasteiger partial charge >= 0.3 is 0 Å². The van der Waals surface area contributed by atoms with Gasteiger partial charge in [0.2, 0.25) is 0 Å². The van der Waals surface area contributed by atoms with Crippen LogP contribution in [0.25, 0.3) is 0 Å². The van der Waals surface area contributed by atoms with Crippen molar-refractivity contribution in [2.24, 2.45) is 0 Å². The molecule has 0 unspecified atom stereocenters. The van der Waals surface area contributed by atoms with Crippen LogP contribution >= 0.6 is 0 Å². The van der Waals surface area contributed by atoms with E-state index < -0.39 is 31.0 Å². The fraction of sp³-hybridized carbons (Fsp3) is 0.913. The Bertz CT molecular complexity index is 374. The number of allylic oxidation sites excluding steroid dienone is 2. The van der Waals surface area contributed by atoms with Gasteiger partial charge in [0.15, 0.2) is 0 Å². The van der Waals surface area contributed by atoms with Crippen molar-refractivity contribution in [2.75, 3.05) is 19.8 Å². The van der Waals surface area contributed by atoms with Crippen LogP contribution in [0.15, 0.2) is 12.2 Å². The Hall–Kier alpha value is -0.460. The monoisotopic (exact) mass is 400 g/mol. The van der Waals surface area contributed by atoms with Crippen LogP contribution < -0.4 is 0 Å². The van der Waals surface area contributed by atoms with Crippen LogP contribution in [0.3, 0.4) is 0 Å². The van der Waals surface area contributed by atoms with Gasteiger partial charge in [-0.15, -0.1) is 0 Å². The Morgan fingerprint density at radius 1 is 0.929 bits per heavy atom. The minimum atomic E-state index is -1.05. The van der Waals surface area contributed by atoms with Gasteiger partial charge in [0, 0.05) is 6.61 Å². The molecule has 1 fully saturated rings. The van der Waals surface area contributed by atoms with E-state index in [9.17, 15) is 10.2 Å². The number of hydrogen-bond acceptors (Lipinski definition) is 5. The molecule has 5 heteroatoms. The van der Waals surface area contributed by atoms with Crippen molar-refractivity contribution >= 4 is 0 Å². The maximum atomic E-state index is 10.1. The first-order chi connectivity index (χ1) is 13.7. The molecule has 166 valence electrons. The summed E-state index contributed by atoms with van der Waals surface area (Å²) in [5.74, 6) is 0. The topological polar surface area (TPSA) is 79.2 Å². The van der Waals surface area contributed by atoms with E-state index in [4.69, 9.17) is 14.6 Å². The predicted octanol–water partition coefficient (Wildman–Crippen LogP) is 4.13. The molecule has 0 aromatic rings. The van der Waals surface area contributed by atoms with Gasteiger partial charge in [0.25, 0.3) is 0 Å². The lowest BCUT2D eigenvalue weighted by Crippen LogP contribution is -2.41. The van der Waals surface area contributed by atoms with E-state index in [1.807, 2.05) is 0 Å². The van der Waals surface area contributed by atoms with Gasteiger partial charge in [-0.25, -0.2) is 0 Å². The number of ether oxygens (including phenoxy) is 2. The maximum Gasteiger partial charge on any atom is 0.114 e. The molecule has 1 aliphatic heterocycles. The summed E-state index contributed by atoms with van der Waals surface area (Å²) in [4.78, 5) is 0. The van der Waals surface area contributed by atoms with Crippen molar-refractivity contribution in [1.29, 1.82) is 0 Å². The van der Waals surface area contributed by atoms with Gasteiger partial charge in [0.1, 0.15) is 24.4 Å². The van der Waals surface area contributed by atoms with Crippen LogP contribution in [0.1, 0.15) is 90.4 Å². The summed E-state index contributed by atoms with van der Waals surface area (Å²) >= 11 is 0. The zero-order chi connectivity index (χ0) is 20.5. The summed E-state index contributed by atoms with van der Waals surface area (Å²) in [7, 11) is 0. The Balaban J connectivity index is 1.82. The van der Waals surface area contributed by atoms with Crippen molar-refractivity contribution in [3.63, 3.8) is 0 Å². The van der Waals surface area contributed by atoms with E-state index in [1.165, 1.54) is 64.2 Å². The molecule has 3 N–H and O–H groups in total. The third-order valence-corrected chi connectivity index (χ3v) is 5.49. The molecule has 1 saturated heterocycles. The fourth-order valence-corrected chi connectivity index (χ4v) is 3.68. The first-order valence-corrected chi connectivity index (χ1v) is 11.6. The molecule has 5 nitrogen and oxygen atoms in total. The SMILES string of the molecule is CC/C=C/CCCCCCCCCCCCCO[C@@H]1CO[C@@H]([C@@H](O)CO)[C@H]1O. The molecular weight excluding hydrogens is 356 g/mol. The van der Waals surface area contributed by atoms with E-state index in [2.05, 4.69) is 19.1 Å².